The van der Waals surface area contributed by atoms with Crippen LogP contribution >= 0.6 is 27.7 Å². The number of amides is 1. The Morgan fingerprint density at radius 3 is 2.58 bits per heavy atom. The van der Waals surface area contributed by atoms with E-state index < -0.39 is 10.0 Å². The number of aromatic nitrogens is 1. The van der Waals surface area contributed by atoms with Crippen LogP contribution in [0.2, 0.25) is 0 Å². The normalized spacial score (nSPS) is 17.1. The maximum absolute atomic E-state index is 12.9. The highest BCUT2D eigenvalue weighted by atomic mass is 79.9. The number of pyridine rings is 1. The summed E-state index contributed by atoms with van der Waals surface area (Å²) in [5.74, 6) is -0.343. The largest absolute Gasteiger partial charge is 0.284 e. The SMILES string of the molecule is C=CCN1C(=O)/C(=C/c2ccc3ccccc3n2)SC1=NS(=O)(=O)c1ccc(Br)cc1. The van der Waals surface area contributed by atoms with Crippen LogP contribution in [-0.4, -0.2) is 35.9 Å². The molecular weight excluding hydrogens is 498 g/mol. The Balaban J connectivity index is 1.71. The van der Waals surface area contributed by atoms with E-state index in [4.69, 9.17) is 0 Å². The van der Waals surface area contributed by atoms with Crippen molar-refractivity contribution in [3.63, 3.8) is 0 Å². The van der Waals surface area contributed by atoms with Gasteiger partial charge < -0.3 is 0 Å². The lowest BCUT2D eigenvalue weighted by Gasteiger charge is -2.12. The van der Waals surface area contributed by atoms with E-state index in [0.29, 0.717) is 10.6 Å². The topological polar surface area (TPSA) is 79.7 Å². The molecule has 0 radical (unpaired) electrons. The van der Waals surface area contributed by atoms with E-state index in [2.05, 4.69) is 31.9 Å². The molecule has 3 aromatic rings. The van der Waals surface area contributed by atoms with Crippen LogP contribution in [-0.2, 0) is 14.8 Å². The number of carbonyl (C=O) groups excluding carboxylic acids is 1. The molecule has 1 saturated heterocycles. The van der Waals surface area contributed by atoms with Gasteiger partial charge in [0, 0.05) is 16.4 Å². The van der Waals surface area contributed by atoms with Gasteiger partial charge in [0.1, 0.15) is 0 Å². The quantitative estimate of drug-likeness (QED) is 0.360. The summed E-state index contributed by atoms with van der Waals surface area (Å²) in [7, 11) is -3.98. The predicted octanol–water partition coefficient (Wildman–Crippen LogP) is 4.84. The number of para-hydroxylation sites is 1. The van der Waals surface area contributed by atoms with Gasteiger partial charge in [-0.1, -0.05) is 46.3 Å². The second kappa shape index (κ2) is 8.78. The number of amidine groups is 1. The Bertz CT molecular complexity index is 1350. The zero-order valence-electron chi connectivity index (χ0n) is 16.1. The summed E-state index contributed by atoms with van der Waals surface area (Å²) in [5.41, 5.74) is 1.41. The van der Waals surface area contributed by atoms with Crippen molar-refractivity contribution >= 4 is 65.8 Å². The first-order valence-corrected chi connectivity index (χ1v) is 12.2. The molecule has 1 amide bonds. The van der Waals surface area contributed by atoms with Crippen LogP contribution in [0.4, 0.5) is 0 Å². The molecule has 1 aromatic heterocycles. The van der Waals surface area contributed by atoms with Gasteiger partial charge in [-0.2, -0.15) is 8.42 Å². The number of benzene rings is 2. The van der Waals surface area contributed by atoms with Gasteiger partial charge in [-0.15, -0.1) is 11.0 Å². The van der Waals surface area contributed by atoms with Crippen molar-refractivity contribution < 1.29 is 13.2 Å². The Morgan fingerprint density at radius 2 is 1.84 bits per heavy atom. The second-order valence-corrected chi connectivity index (χ2v) is 10.1. The minimum Gasteiger partial charge on any atom is -0.282 e. The van der Waals surface area contributed by atoms with E-state index in [-0.39, 0.29) is 22.5 Å². The zero-order valence-corrected chi connectivity index (χ0v) is 19.3. The maximum Gasteiger partial charge on any atom is 0.284 e. The van der Waals surface area contributed by atoms with Gasteiger partial charge in [0.2, 0.25) is 0 Å². The van der Waals surface area contributed by atoms with E-state index >= 15 is 0 Å². The molecule has 0 atom stereocenters. The van der Waals surface area contributed by atoms with Crippen LogP contribution in [0.25, 0.3) is 17.0 Å². The number of thioether (sulfide) groups is 1. The van der Waals surface area contributed by atoms with E-state index in [0.717, 1.165) is 27.1 Å². The Morgan fingerprint density at radius 1 is 1.10 bits per heavy atom. The lowest BCUT2D eigenvalue weighted by atomic mass is 10.2. The van der Waals surface area contributed by atoms with Crippen molar-refractivity contribution in [3.8, 4) is 0 Å². The first kappa shape index (κ1) is 21.5. The lowest BCUT2D eigenvalue weighted by molar-refractivity contribution is -0.121. The van der Waals surface area contributed by atoms with Gasteiger partial charge in [-0.05, 0) is 54.2 Å². The molecule has 0 N–H and O–H groups in total. The number of hydrogen-bond donors (Lipinski definition) is 0. The zero-order chi connectivity index (χ0) is 22.0. The lowest BCUT2D eigenvalue weighted by Crippen LogP contribution is -2.29. The van der Waals surface area contributed by atoms with Crippen LogP contribution in [0.15, 0.2) is 92.0 Å². The molecule has 1 fully saturated rings. The molecule has 1 aliphatic heterocycles. The first-order chi connectivity index (χ1) is 14.9. The number of rotatable bonds is 5. The second-order valence-electron chi connectivity index (χ2n) is 6.55. The first-order valence-electron chi connectivity index (χ1n) is 9.16. The molecule has 1 aliphatic rings. The van der Waals surface area contributed by atoms with Crippen molar-refractivity contribution in [1.82, 2.24) is 9.88 Å². The van der Waals surface area contributed by atoms with Gasteiger partial charge in [0.25, 0.3) is 15.9 Å². The van der Waals surface area contributed by atoms with Crippen molar-refractivity contribution in [1.29, 1.82) is 0 Å². The van der Waals surface area contributed by atoms with Crippen molar-refractivity contribution in [2.24, 2.45) is 4.40 Å². The van der Waals surface area contributed by atoms with E-state index in [1.54, 1.807) is 18.2 Å². The number of halogens is 1. The predicted molar refractivity (Wildman–Crippen MR) is 128 cm³/mol. The number of nitrogens with zero attached hydrogens (tertiary/aromatic N) is 3. The summed E-state index contributed by atoms with van der Waals surface area (Å²) in [6, 6.07) is 17.6. The van der Waals surface area contributed by atoms with Crippen LogP contribution < -0.4 is 0 Å². The summed E-state index contributed by atoms with van der Waals surface area (Å²) in [6.07, 6.45) is 3.17. The van der Waals surface area contributed by atoms with Crippen LogP contribution in [0.1, 0.15) is 5.69 Å². The molecule has 0 saturated carbocycles. The molecule has 0 spiro atoms. The molecule has 6 nitrogen and oxygen atoms in total. The third-order valence-corrected chi connectivity index (χ3v) is 7.34. The average molecular weight is 514 g/mol. The summed E-state index contributed by atoms with van der Waals surface area (Å²) in [5, 5.41) is 1.08. The maximum atomic E-state index is 12.9. The summed E-state index contributed by atoms with van der Waals surface area (Å²) < 4.78 is 30.2. The number of sulfonamides is 1. The summed E-state index contributed by atoms with van der Waals surface area (Å²) >= 11 is 4.28. The van der Waals surface area contributed by atoms with Crippen LogP contribution in [0.5, 0.6) is 0 Å². The van der Waals surface area contributed by atoms with E-state index in [1.807, 2.05) is 36.4 Å². The van der Waals surface area contributed by atoms with E-state index in [1.165, 1.54) is 23.1 Å². The fourth-order valence-corrected chi connectivity index (χ4v) is 5.36. The van der Waals surface area contributed by atoms with Crippen molar-refractivity contribution in [3.05, 3.63) is 88.4 Å². The minimum absolute atomic E-state index is 0.0448. The van der Waals surface area contributed by atoms with E-state index in [9.17, 15) is 13.2 Å². The highest BCUT2D eigenvalue weighted by molar-refractivity contribution is 9.10. The van der Waals surface area contributed by atoms with Crippen molar-refractivity contribution in [2.75, 3.05) is 6.54 Å². The third-order valence-electron chi connectivity index (χ3n) is 4.41. The Hall–Kier alpha value is -2.75. The molecule has 2 aromatic carbocycles. The molecule has 4 rings (SSSR count). The number of carbonyl (C=O) groups is 1. The molecule has 31 heavy (non-hydrogen) atoms. The van der Waals surface area contributed by atoms with Gasteiger partial charge in [-0.25, -0.2) is 4.98 Å². The smallest absolute Gasteiger partial charge is 0.282 e. The number of fused-ring (bicyclic) bond motifs is 1. The van der Waals surface area contributed by atoms with Crippen LogP contribution in [0, 0.1) is 0 Å². The van der Waals surface area contributed by atoms with Crippen molar-refractivity contribution in [2.45, 2.75) is 4.90 Å². The fraction of sp³-hybridized carbons (Fsp3) is 0.0455. The van der Waals surface area contributed by atoms with Gasteiger partial charge in [0.15, 0.2) is 5.17 Å². The van der Waals surface area contributed by atoms with Gasteiger partial charge >= 0.3 is 0 Å². The Kier molecular flexibility index (Phi) is 6.08. The molecule has 2 heterocycles. The minimum atomic E-state index is -3.98. The highest BCUT2D eigenvalue weighted by Gasteiger charge is 2.34. The third kappa shape index (κ3) is 4.63. The highest BCUT2D eigenvalue weighted by Crippen LogP contribution is 2.33. The molecular formula is C22H16BrN3O3S2. The summed E-state index contributed by atoms with van der Waals surface area (Å²) in [4.78, 5) is 19.2. The van der Waals surface area contributed by atoms with Crippen LogP contribution in [0.3, 0.4) is 0 Å². The number of hydrogen-bond acceptors (Lipinski definition) is 5. The average Bonchev–Trinajstić information content (AvgIpc) is 3.02. The monoisotopic (exact) mass is 513 g/mol. The molecule has 0 unspecified atom stereocenters. The summed E-state index contributed by atoms with van der Waals surface area (Å²) in [6.45, 7) is 3.80. The fourth-order valence-electron chi connectivity index (χ4n) is 2.92. The molecule has 0 bridgehead atoms. The molecule has 0 aliphatic carbocycles. The standard InChI is InChI=1S/C22H16BrN3O3S2/c1-2-13-26-21(27)20(14-17-10-7-15-5-3-4-6-19(15)24-17)30-22(26)25-31(28,29)18-11-8-16(23)9-12-18/h2-12,14H,1,13H2/b20-14-,25-22?. The molecule has 156 valence electrons. The molecule has 9 heteroatoms. The Labute approximate surface area is 192 Å². The van der Waals surface area contributed by atoms with Gasteiger partial charge in [0.05, 0.1) is 21.0 Å². The van der Waals surface area contributed by atoms with Gasteiger partial charge in [-0.3, -0.25) is 9.69 Å².